The van der Waals surface area contributed by atoms with Crippen molar-refractivity contribution in [2.24, 2.45) is 5.92 Å². The van der Waals surface area contributed by atoms with Crippen LogP contribution in [0.15, 0.2) is 12.1 Å². The molecule has 19 heavy (non-hydrogen) atoms. The number of aromatic carboxylic acids is 1. The number of hydrogen-bond acceptors (Lipinski definition) is 4. The van der Waals surface area contributed by atoms with Gasteiger partial charge in [0.15, 0.2) is 0 Å². The Morgan fingerprint density at radius 3 is 2.95 bits per heavy atom. The fraction of sp³-hybridized carbons (Fsp3) is 0.538. The molecule has 1 saturated heterocycles. The third kappa shape index (κ3) is 3.58. The summed E-state index contributed by atoms with van der Waals surface area (Å²) in [6.07, 6.45) is 1.01. The largest absolute Gasteiger partial charge is 0.478 e. The lowest BCUT2D eigenvalue weighted by Crippen LogP contribution is -2.43. The van der Waals surface area contributed by atoms with Gasteiger partial charge in [-0.25, -0.2) is 9.78 Å². The van der Waals surface area contributed by atoms with E-state index >= 15 is 0 Å². The van der Waals surface area contributed by atoms with Crippen molar-refractivity contribution in [3.63, 3.8) is 0 Å². The standard InChI is InChI=1S/C13H18ClN3O2/c1-8-7-17(2)4-3-10(8)15-12-6-9(13(18)19)5-11(14)16-12/h5-6,8,10H,3-4,7H2,1-2H3,(H,15,16)(H,18,19). The van der Waals surface area contributed by atoms with Gasteiger partial charge >= 0.3 is 5.97 Å². The zero-order chi connectivity index (χ0) is 14.0. The minimum atomic E-state index is -0.997. The van der Waals surface area contributed by atoms with Gasteiger partial charge in [0.25, 0.3) is 0 Å². The molecule has 0 saturated carbocycles. The molecule has 1 fully saturated rings. The van der Waals surface area contributed by atoms with Gasteiger partial charge in [0.1, 0.15) is 11.0 Å². The van der Waals surface area contributed by atoms with Crippen LogP contribution in [-0.2, 0) is 0 Å². The van der Waals surface area contributed by atoms with Gasteiger partial charge in [0.2, 0.25) is 0 Å². The number of hydrogen-bond donors (Lipinski definition) is 2. The van der Waals surface area contributed by atoms with E-state index < -0.39 is 5.97 Å². The van der Waals surface area contributed by atoms with Crippen LogP contribution in [0, 0.1) is 5.92 Å². The molecule has 0 radical (unpaired) electrons. The molecule has 1 aliphatic heterocycles. The summed E-state index contributed by atoms with van der Waals surface area (Å²) in [6.45, 7) is 4.22. The minimum absolute atomic E-state index is 0.156. The normalized spacial score (nSPS) is 24.2. The highest BCUT2D eigenvalue weighted by Gasteiger charge is 2.24. The zero-order valence-corrected chi connectivity index (χ0v) is 11.8. The molecule has 2 atom stereocenters. The van der Waals surface area contributed by atoms with Crippen LogP contribution in [0.1, 0.15) is 23.7 Å². The summed E-state index contributed by atoms with van der Waals surface area (Å²) in [4.78, 5) is 17.4. The highest BCUT2D eigenvalue weighted by molar-refractivity contribution is 6.29. The lowest BCUT2D eigenvalue weighted by Gasteiger charge is -2.35. The molecule has 104 valence electrons. The number of carboxylic acid groups (broad SMARTS) is 1. The SMILES string of the molecule is CC1CN(C)CCC1Nc1cc(C(=O)O)cc(Cl)n1. The molecule has 0 amide bonds. The van der Waals surface area contributed by atoms with Crippen LogP contribution in [0.25, 0.3) is 0 Å². The average molecular weight is 284 g/mol. The van der Waals surface area contributed by atoms with Gasteiger partial charge in [0.05, 0.1) is 5.56 Å². The number of carbonyl (C=O) groups is 1. The first-order chi connectivity index (χ1) is 8.95. The number of halogens is 1. The number of nitrogens with one attached hydrogen (secondary N) is 1. The van der Waals surface area contributed by atoms with Crippen molar-refractivity contribution < 1.29 is 9.90 Å². The van der Waals surface area contributed by atoms with Crippen molar-refractivity contribution in [2.45, 2.75) is 19.4 Å². The number of aromatic nitrogens is 1. The summed E-state index contributed by atoms with van der Waals surface area (Å²) in [5, 5.41) is 12.5. The van der Waals surface area contributed by atoms with Crippen molar-refractivity contribution in [3.8, 4) is 0 Å². The van der Waals surface area contributed by atoms with E-state index in [0.29, 0.717) is 17.8 Å². The van der Waals surface area contributed by atoms with E-state index in [-0.39, 0.29) is 10.7 Å². The van der Waals surface area contributed by atoms with Crippen molar-refractivity contribution in [1.82, 2.24) is 9.88 Å². The fourth-order valence-corrected chi connectivity index (χ4v) is 2.66. The van der Waals surface area contributed by atoms with E-state index in [1.165, 1.54) is 12.1 Å². The molecule has 1 aromatic rings. The third-order valence-corrected chi connectivity index (χ3v) is 3.68. The van der Waals surface area contributed by atoms with Crippen LogP contribution in [0.3, 0.4) is 0 Å². The Kier molecular flexibility index (Phi) is 4.27. The van der Waals surface area contributed by atoms with Gasteiger partial charge in [-0.3, -0.25) is 0 Å². The van der Waals surface area contributed by atoms with Crippen molar-refractivity contribution >= 4 is 23.4 Å². The van der Waals surface area contributed by atoms with Crippen molar-refractivity contribution in [2.75, 3.05) is 25.5 Å². The molecular formula is C13H18ClN3O2. The first-order valence-corrected chi connectivity index (χ1v) is 6.69. The van der Waals surface area contributed by atoms with Gasteiger partial charge in [-0.1, -0.05) is 18.5 Å². The lowest BCUT2D eigenvalue weighted by molar-refractivity contribution is 0.0697. The Bertz CT molecular complexity index is 481. The molecule has 1 aromatic heterocycles. The Morgan fingerprint density at radius 1 is 1.58 bits per heavy atom. The van der Waals surface area contributed by atoms with E-state index in [1.54, 1.807) is 0 Å². The summed E-state index contributed by atoms with van der Waals surface area (Å²) in [5.74, 6) is 0.0166. The summed E-state index contributed by atoms with van der Waals surface area (Å²) in [5.41, 5.74) is 0.156. The van der Waals surface area contributed by atoms with Gasteiger partial charge in [-0.15, -0.1) is 0 Å². The Hall–Kier alpha value is -1.33. The maximum atomic E-state index is 11.0. The molecule has 2 rings (SSSR count). The Balaban J connectivity index is 2.12. The molecule has 0 bridgehead atoms. The second-order valence-corrected chi connectivity index (χ2v) is 5.54. The van der Waals surface area contributed by atoms with Crippen LogP contribution in [0.5, 0.6) is 0 Å². The molecular weight excluding hydrogens is 266 g/mol. The highest BCUT2D eigenvalue weighted by atomic mass is 35.5. The van der Waals surface area contributed by atoms with E-state index in [0.717, 1.165) is 19.5 Å². The molecule has 5 nitrogen and oxygen atoms in total. The average Bonchev–Trinajstić information content (AvgIpc) is 2.32. The minimum Gasteiger partial charge on any atom is -0.478 e. The Morgan fingerprint density at radius 2 is 2.32 bits per heavy atom. The van der Waals surface area contributed by atoms with Crippen molar-refractivity contribution in [1.29, 1.82) is 0 Å². The maximum absolute atomic E-state index is 11.0. The van der Waals surface area contributed by atoms with Gasteiger partial charge in [-0.05, 0) is 38.1 Å². The molecule has 2 unspecified atom stereocenters. The highest BCUT2D eigenvalue weighted by Crippen LogP contribution is 2.21. The van der Waals surface area contributed by atoms with E-state index in [2.05, 4.69) is 29.2 Å². The van der Waals surface area contributed by atoms with Crippen LogP contribution in [0.4, 0.5) is 5.82 Å². The monoisotopic (exact) mass is 283 g/mol. The maximum Gasteiger partial charge on any atom is 0.335 e. The number of carboxylic acids is 1. The predicted octanol–water partition coefficient (Wildman–Crippen LogP) is 2.19. The second kappa shape index (κ2) is 5.75. The number of likely N-dealkylation sites (tertiary alicyclic amines) is 1. The zero-order valence-electron chi connectivity index (χ0n) is 11.1. The first kappa shape index (κ1) is 14.1. The third-order valence-electron chi connectivity index (χ3n) is 3.48. The van der Waals surface area contributed by atoms with Gasteiger partial charge in [-0.2, -0.15) is 0 Å². The fourth-order valence-electron chi connectivity index (χ4n) is 2.45. The number of pyridine rings is 1. The van der Waals surface area contributed by atoms with E-state index in [4.69, 9.17) is 16.7 Å². The van der Waals surface area contributed by atoms with E-state index in [1.807, 2.05) is 0 Å². The van der Waals surface area contributed by atoms with Crippen molar-refractivity contribution in [3.05, 3.63) is 22.8 Å². The van der Waals surface area contributed by atoms with Crippen LogP contribution in [-0.4, -0.2) is 47.1 Å². The number of nitrogens with zero attached hydrogens (tertiary/aromatic N) is 2. The number of rotatable bonds is 3. The number of piperidine rings is 1. The van der Waals surface area contributed by atoms with Crippen LogP contribution < -0.4 is 5.32 Å². The van der Waals surface area contributed by atoms with Gasteiger partial charge in [0, 0.05) is 12.6 Å². The number of anilines is 1. The molecule has 0 spiro atoms. The predicted molar refractivity (Wildman–Crippen MR) is 74.9 cm³/mol. The van der Waals surface area contributed by atoms with Gasteiger partial charge < -0.3 is 15.3 Å². The molecule has 2 N–H and O–H groups in total. The quantitative estimate of drug-likeness (QED) is 0.833. The van der Waals surface area contributed by atoms with Crippen LogP contribution >= 0.6 is 11.6 Å². The summed E-state index contributed by atoms with van der Waals surface area (Å²) in [7, 11) is 2.10. The summed E-state index contributed by atoms with van der Waals surface area (Å²) < 4.78 is 0. The molecule has 2 heterocycles. The first-order valence-electron chi connectivity index (χ1n) is 6.31. The lowest BCUT2D eigenvalue weighted by atomic mass is 9.94. The Labute approximate surface area is 117 Å². The second-order valence-electron chi connectivity index (χ2n) is 5.15. The van der Waals surface area contributed by atoms with Crippen LogP contribution in [0.2, 0.25) is 5.15 Å². The molecule has 0 aromatic carbocycles. The summed E-state index contributed by atoms with van der Waals surface area (Å²) >= 11 is 5.85. The smallest absolute Gasteiger partial charge is 0.335 e. The molecule has 0 aliphatic carbocycles. The topological polar surface area (TPSA) is 65.5 Å². The van der Waals surface area contributed by atoms with E-state index in [9.17, 15) is 4.79 Å². The molecule has 1 aliphatic rings. The summed E-state index contributed by atoms with van der Waals surface area (Å²) in [6, 6.07) is 3.18. The molecule has 6 heteroatoms.